The van der Waals surface area contributed by atoms with Crippen LogP contribution in [0.5, 0.6) is 0 Å². The standard InChI is InChI=1S/C8H14O4/c1-6-11-5-7(10)8(12-6)3-2-4-9/h2-3,6-10H,4-5H2,1H3/t6?,7-,8-/m1/s1. The first kappa shape index (κ1) is 9.67. The molecule has 4 heteroatoms. The lowest BCUT2D eigenvalue weighted by Crippen LogP contribution is -2.41. The molecule has 1 aliphatic heterocycles. The van der Waals surface area contributed by atoms with Crippen molar-refractivity contribution in [2.24, 2.45) is 0 Å². The van der Waals surface area contributed by atoms with Crippen molar-refractivity contribution >= 4 is 0 Å². The molecule has 0 aromatic carbocycles. The summed E-state index contributed by atoms with van der Waals surface area (Å²) in [7, 11) is 0. The molecule has 0 saturated carbocycles. The second-order valence-electron chi connectivity index (χ2n) is 2.68. The molecule has 1 saturated heterocycles. The van der Waals surface area contributed by atoms with Crippen LogP contribution in [0.15, 0.2) is 12.2 Å². The molecule has 3 atom stereocenters. The predicted molar refractivity (Wildman–Crippen MR) is 42.5 cm³/mol. The minimum absolute atomic E-state index is 0.0399. The van der Waals surface area contributed by atoms with Gasteiger partial charge in [-0.05, 0) is 6.92 Å². The Kier molecular flexibility index (Phi) is 3.68. The van der Waals surface area contributed by atoms with Crippen molar-refractivity contribution in [3.8, 4) is 0 Å². The van der Waals surface area contributed by atoms with Crippen molar-refractivity contribution in [3.63, 3.8) is 0 Å². The molecule has 12 heavy (non-hydrogen) atoms. The highest BCUT2D eigenvalue weighted by Crippen LogP contribution is 2.13. The number of hydrogen-bond acceptors (Lipinski definition) is 4. The largest absolute Gasteiger partial charge is 0.392 e. The molecule has 1 heterocycles. The van der Waals surface area contributed by atoms with Crippen molar-refractivity contribution < 1.29 is 19.7 Å². The summed E-state index contributed by atoms with van der Waals surface area (Å²) in [6, 6.07) is 0. The first-order valence-electron chi connectivity index (χ1n) is 3.96. The minimum Gasteiger partial charge on any atom is -0.392 e. The zero-order valence-corrected chi connectivity index (χ0v) is 7.01. The van der Waals surface area contributed by atoms with Crippen LogP contribution in [0, 0.1) is 0 Å². The lowest BCUT2D eigenvalue weighted by molar-refractivity contribution is -0.230. The zero-order chi connectivity index (χ0) is 8.97. The van der Waals surface area contributed by atoms with Gasteiger partial charge in [0.25, 0.3) is 0 Å². The Morgan fingerprint density at radius 3 is 3.00 bits per heavy atom. The first-order chi connectivity index (χ1) is 5.74. The van der Waals surface area contributed by atoms with Gasteiger partial charge in [0.05, 0.1) is 13.2 Å². The van der Waals surface area contributed by atoms with Crippen molar-refractivity contribution in [1.29, 1.82) is 0 Å². The third-order valence-corrected chi connectivity index (χ3v) is 1.66. The van der Waals surface area contributed by atoms with Gasteiger partial charge < -0.3 is 19.7 Å². The van der Waals surface area contributed by atoms with E-state index < -0.39 is 6.10 Å². The quantitative estimate of drug-likeness (QED) is 0.562. The number of rotatable bonds is 2. The van der Waals surface area contributed by atoms with E-state index in [0.29, 0.717) is 0 Å². The van der Waals surface area contributed by atoms with E-state index >= 15 is 0 Å². The maximum absolute atomic E-state index is 9.33. The van der Waals surface area contributed by atoms with E-state index in [1.807, 2.05) is 0 Å². The molecule has 0 aromatic rings. The van der Waals surface area contributed by atoms with Crippen LogP contribution in [-0.4, -0.2) is 41.9 Å². The van der Waals surface area contributed by atoms with E-state index in [1.54, 1.807) is 19.1 Å². The van der Waals surface area contributed by atoms with Crippen molar-refractivity contribution in [3.05, 3.63) is 12.2 Å². The lowest BCUT2D eigenvalue weighted by atomic mass is 10.2. The number of aliphatic hydroxyl groups excluding tert-OH is 2. The fraction of sp³-hybridized carbons (Fsp3) is 0.750. The molecule has 4 nitrogen and oxygen atoms in total. The molecule has 0 amide bonds. The van der Waals surface area contributed by atoms with E-state index in [1.165, 1.54) is 0 Å². The number of aliphatic hydroxyl groups is 2. The van der Waals surface area contributed by atoms with Gasteiger partial charge in [-0.3, -0.25) is 0 Å². The summed E-state index contributed by atoms with van der Waals surface area (Å²) in [4.78, 5) is 0. The van der Waals surface area contributed by atoms with E-state index in [2.05, 4.69) is 0 Å². The van der Waals surface area contributed by atoms with E-state index in [-0.39, 0.29) is 25.6 Å². The van der Waals surface area contributed by atoms with E-state index in [0.717, 1.165) is 0 Å². The molecular weight excluding hydrogens is 160 g/mol. The molecule has 0 bridgehead atoms. The normalized spacial score (nSPS) is 37.4. The number of ether oxygens (including phenoxy) is 2. The van der Waals surface area contributed by atoms with Crippen LogP contribution in [-0.2, 0) is 9.47 Å². The average molecular weight is 174 g/mol. The molecule has 2 N–H and O–H groups in total. The Hall–Kier alpha value is -0.420. The summed E-state index contributed by atoms with van der Waals surface area (Å²) in [5, 5.41) is 17.8. The van der Waals surface area contributed by atoms with Crippen molar-refractivity contribution in [2.45, 2.75) is 25.4 Å². The molecular formula is C8H14O4. The van der Waals surface area contributed by atoms with Gasteiger partial charge in [-0.2, -0.15) is 0 Å². The van der Waals surface area contributed by atoms with Crippen LogP contribution in [0.2, 0.25) is 0 Å². The molecule has 0 aromatic heterocycles. The Morgan fingerprint density at radius 1 is 1.58 bits per heavy atom. The Bertz CT molecular complexity index is 157. The fourth-order valence-corrected chi connectivity index (χ4v) is 1.05. The highest BCUT2D eigenvalue weighted by molar-refractivity contribution is 4.94. The maximum Gasteiger partial charge on any atom is 0.155 e. The zero-order valence-electron chi connectivity index (χ0n) is 7.01. The summed E-state index contributed by atoms with van der Waals surface area (Å²) in [6.45, 7) is 2.01. The van der Waals surface area contributed by atoms with Crippen molar-refractivity contribution in [1.82, 2.24) is 0 Å². The van der Waals surface area contributed by atoms with Gasteiger partial charge in [0.2, 0.25) is 0 Å². The highest BCUT2D eigenvalue weighted by Gasteiger charge is 2.25. The van der Waals surface area contributed by atoms with E-state index in [4.69, 9.17) is 14.6 Å². The topological polar surface area (TPSA) is 58.9 Å². The molecule has 1 aliphatic rings. The molecule has 1 unspecified atom stereocenters. The van der Waals surface area contributed by atoms with Gasteiger partial charge in [0.15, 0.2) is 6.29 Å². The van der Waals surface area contributed by atoms with Gasteiger partial charge in [0, 0.05) is 0 Å². The third kappa shape index (κ3) is 2.57. The summed E-state index contributed by atoms with van der Waals surface area (Å²) >= 11 is 0. The summed E-state index contributed by atoms with van der Waals surface area (Å²) < 4.78 is 10.3. The monoisotopic (exact) mass is 174 g/mol. The SMILES string of the molecule is CC1OC[C@@H](O)[C@@H](C=CCO)O1. The third-order valence-electron chi connectivity index (χ3n) is 1.66. The predicted octanol–water partition coefficient (Wildman–Crippen LogP) is -0.343. The van der Waals surface area contributed by atoms with Crippen LogP contribution < -0.4 is 0 Å². The van der Waals surface area contributed by atoms with Gasteiger partial charge >= 0.3 is 0 Å². The summed E-state index contributed by atoms with van der Waals surface area (Å²) in [6.07, 6.45) is 1.90. The second-order valence-corrected chi connectivity index (χ2v) is 2.68. The van der Waals surface area contributed by atoms with Gasteiger partial charge in [-0.15, -0.1) is 0 Å². The van der Waals surface area contributed by atoms with Crippen LogP contribution in [0.4, 0.5) is 0 Å². The smallest absolute Gasteiger partial charge is 0.155 e. The first-order valence-corrected chi connectivity index (χ1v) is 3.96. The van der Waals surface area contributed by atoms with Crippen LogP contribution in [0.25, 0.3) is 0 Å². The van der Waals surface area contributed by atoms with Crippen LogP contribution >= 0.6 is 0 Å². The summed E-state index contributed by atoms with van der Waals surface area (Å²) in [5.41, 5.74) is 0. The maximum atomic E-state index is 9.33. The van der Waals surface area contributed by atoms with Gasteiger partial charge in [0.1, 0.15) is 12.2 Å². The Balaban J connectivity index is 2.43. The van der Waals surface area contributed by atoms with Gasteiger partial charge in [-0.25, -0.2) is 0 Å². The average Bonchev–Trinajstić information content (AvgIpc) is 2.07. The molecule has 0 radical (unpaired) electrons. The van der Waals surface area contributed by atoms with Gasteiger partial charge in [-0.1, -0.05) is 12.2 Å². The van der Waals surface area contributed by atoms with Crippen LogP contribution in [0.3, 0.4) is 0 Å². The molecule has 1 rings (SSSR count). The lowest BCUT2D eigenvalue weighted by Gasteiger charge is -2.30. The van der Waals surface area contributed by atoms with Crippen LogP contribution in [0.1, 0.15) is 6.92 Å². The summed E-state index contributed by atoms with van der Waals surface area (Å²) in [5.74, 6) is 0. The molecule has 0 aliphatic carbocycles. The second kappa shape index (κ2) is 4.57. The highest BCUT2D eigenvalue weighted by atomic mass is 16.7. The van der Waals surface area contributed by atoms with E-state index in [9.17, 15) is 5.11 Å². The minimum atomic E-state index is -0.635. The molecule has 1 fully saturated rings. The Morgan fingerprint density at radius 2 is 2.33 bits per heavy atom. The molecule has 70 valence electrons. The Labute approximate surface area is 71.4 Å². The van der Waals surface area contributed by atoms with Crippen molar-refractivity contribution in [2.75, 3.05) is 13.2 Å². The molecule has 0 spiro atoms. The fourth-order valence-electron chi connectivity index (χ4n) is 1.05. The number of hydrogen-bond donors (Lipinski definition) is 2.